The molecule has 0 aromatic rings. The van der Waals surface area contributed by atoms with Gasteiger partial charge in [-0.2, -0.15) is 0 Å². The quantitative estimate of drug-likeness (QED) is 0.179. The van der Waals surface area contributed by atoms with Crippen molar-refractivity contribution < 1.29 is 31.8 Å². The zero-order valence-corrected chi connectivity index (χ0v) is 17.8. The molecule has 8 heteroatoms. The van der Waals surface area contributed by atoms with Crippen molar-refractivity contribution in [2.45, 2.75) is 71.1 Å². The van der Waals surface area contributed by atoms with Gasteiger partial charge in [0, 0.05) is 0 Å². The third-order valence-electron chi connectivity index (χ3n) is 4.54. The van der Waals surface area contributed by atoms with E-state index >= 15 is 0 Å². The molecule has 0 aliphatic carbocycles. The third-order valence-corrected chi connectivity index (χ3v) is 4.94. The van der Waals surface area contributed by atoms with Crippen LogP contribution >= 0.6 is 0 Å². The number of unbranched alkanes of at least 4 members (excludes halogenated alkanes) is 9. The predicted octanol–water partition coefficient (Wildman–Crippen LogP) is 2.43. The number of hydrogen-bond acceptors (Lipinski definition) is 6. The summed E-state index contributed by atoms with van der Waals surface area (Å²) in [7, 11) is -1.47. The fraction of sp³-hybridized carbons (Fsp3) is 1.00. The topological polar surface area (TPSA) is 107 Å². The Labute approximate surface area is 160 Å². The molecule has 0 amide bonds. The lowest BCUT2D eigenvalue weighted by atomic mass is 10.1. The summed E-state index contributed by atoms with van der Waals surface area (Å²) < 4.78 is 31.8. The molecular weight excluding hydrogens is 358 g/mol. The van der Waals surface area contributed by atoms with Crippen LogP contribution in [0.25, 0.3) is 0 Å². The Morgan fingerprint density at radius 1 is 0.808 bits per heavy atom. The van der Waals surface area contributed by atoms with Crippen molar-refractivity contribution in [3.63, 3.8) is 0 Å². The Bertz CT molecular complexity index is 383. The van der Waals surface area contributed by atoms with Crippen LogP contribution in [-0.2, 0) is 14.6 Å². The van der Waals surface area contributed by atoms with E-state index in [1.807, 2.05) is 0 Å². The highest BCUT2D eigenvalue weighted by Crippen LogP contribution is 2.12. The molecule has 0 bridgehead atoms. The maximum atomic E-state index is 9.22. The van der Waals surface area contributed by atoms with Crippen molar-refractivity contribution in [2.24, 2.45) is 0 Å². The first-order valence-corrected chi connectivity index (χ1v) is 11.1. The summed E-state index contributed by atoms with van der Waals surface area (Å²) in [6, 6.07) is 0. The van der Waals surface area contributed by atoms with Gasteiger partial charge in [-0.25, -0.2) is 8.42 Å². The Balaban J connectivity index is 0. The van der Waals surface area contributed by atoms with Crippen LogP contribution in [0.15, 0.2) is 0 Å². The third kappa shape index (κ3) is 21.8. The van der Waals surface area contributed by atoms with Gasteiger partial charge < -0.3 is 19.2 Å². The molecule has 160 valence electrons. The van der Waals surface area contributed by atoms with Gasteiger partial charge in [0.1, 0.15) is 13.1 Å². The molecule has 0 aliphatic rings. The molecular formula is C18H41NO6S. The molecule has 0 heterocycles. The molecule has 0 atom stereocenters. The highest BCUT2D eigenvalue weighted by Gasteiger charge is 2.19. The number of hydrogen-bond donors (Lipinski definition) is 2. The van der Waals surface area contributed by atoms with Crippen molar-refractivity contribution in [3.05, 3.63) is 0 Å². The van der Waals surface area contributed by atoms with Crippen LogP contribution in [0.5, 0.6) is 0 Å². The van der Waals surface area contributed by atoms with Gasteiger partial charge in [-0.1, -0.05) is 58.3 Å². The van der Waals surface area contributed by atoms with Crippen molar-refractivity contribution in [3.8, 4) is 0 Å². The molecule has 2 N–H and O–H groups in total. The smallest absolute Gasteiger partial charge is 0.217 e. The minimum Gasteiger partial charge on any atom is -0.726 e. The molecule has 0 radical (unpaired) electrons. The van der Waals surface area contributed by atoms with Crippen molar-refractivity contribution in [2.75, 3.05) is 47.0 Å². The fourth-order valence-corrected chi connectivity index (χ4v) is 2.80. The second kappa shape index (κ2) is 18.1. The highest BCUT2D eigenvalue weighted by atomic mass is 32.3. The van der Waals surface area contributed by atoms with Gasteiger partial charge in [0.2, 0.25) is 10.4 Å². The van der Waals surface area contributed by atoms with E-state index in [0.717, 1.165) is 31.2 Å². The van der Waals surface area contributed by atoms with Crippen molar-refractivity contribution in [1.82, 2.24) is 0 Å². The van der Waals surface area contributed by atoms with Crippen molar-refractivity contribution in [1.29, 1.82) is 0 Å². The van der Waals surface area contributed by atoms with Crippen LogP contribution in [0, 0.1) is 0 Å². The first kappa shape index (κ1) is 28.0. The van der Waals surface area contributed by atoms with Crippen molar-refractivity contribution >= 4 is 10.4 Å². The minimum absolute atomic E-state index is 0.217. The molecule has 0 aliphatic heterocycles. The first-order chi connectivity index (χ1) is 12.2. The van der Waals surface area contributed by atoms with Gasteiger partial charge in [0.15, 0.2) is 0 Å². The number of quaternary nitrogens is 1. The second-order valence-electron chi connectivity index (χ2n) is 6.99. The van der Waals surface area contributed by atoms with E-state index in [2.05, 4.69) is 18.2 Å². The molecule has 0 spiro atoms. The SMILES string of the molecule is CCCCCCCCCCCC[N+](C)(CCO)CCO.COS(=O)(=O)[O-]. The first-order valence-electron chi connectivity index (χ1n) is 9.81. The van der Waals surface area contributed by atoms with Gasteiger partial charge in [0.05, 0.1) is 33.9 Å². The molecule has 0 saturated carbocycles. The minimum atomic E-state index is -4.41. The fourth-order valence-electron chi connectivity index (χ4n) is 2.80. The number of rotatable bonds is 16. The number of aliphatic hydroxyl groups is 2. The molecule has 0 rings (SSSR count). The summed E-state index contributed by atoms with van der Waals surface area (Å²) in [6.07, 6.45) is 13.6. The zero-order chi connectivity index (χ0) is 20.3. The van der Waals surface area contributed by atoms with E-state index in [9.17, 15) is 13.0 Å². The average Bonchev–Trinajstić information content (AvgIpc) is 2.57. The average molecular weight is 400 g/mol. The summed E-state index contributed by atoms with van der Waals surface area (Å²) in [5.41, 5.74) is 0. The highest BCUT2D eigenvalue weighted by molar-refractivity contribution is 7.80. The maximum absolute atomic E-state index is 9.22. The number of aliphatic hydroxyl groups excluding tert-OH is 2. The lowest BCUT2D eigenvalue weighted by molar-refractivity contribution is -0.910. The summed E-state index contributed by atoms with van der Waals surface area (Å²) in [5.74, 6) is 0. The van der Waals surface area contributed by atoms with Crippen LogP contribution in [0.2, 0.25) is 0 Å². The summed E-state index contributed by atoms with van der Waals surface area (Å²) in [4.78, 5) is 0. The van der Waals surface area contributed by atoms with E-state index in [-0.39, 0.29) is 13.2 Å². The molecule has 0 aromatic carbocycles. The normalized spacial score (nSPS) is 11.9. The van der Waals surface area contributed by atoms with E-state index in [4.69, 9.17) is 10.2 Å². The molecule has 0 aromatic heterocycles. The van der Waals surface area contributed by atoms with Crippen LogP contribution < -0.4 is 0 Å². The van der Waals surface area contributed by atoms with E-state index < -0.39 is 10.4 Å². The van der Waals surface area contributed by atoms with E-state index in [1.165, 1.54) is 64.2 Å². The zero-order valence-electron chi connectivity index (χ0n) is 17.0. The van der Waals surface area contributed by atoms with Gasteiger partial charge in [0.25, 0.3) is 0 Å². The lowest BCUT2D eigenvalue weighted by Gasteiger charge is -2.33. The Morgan fingerprint density at radius 3 is 1.46 bits per heavy atom. The van der Waals surface area contributed by atoms with Crippen LogP contribution in [0.3, 0.4) is 0 Å². The largest absolute Gasteiger partial charge is 0.726 e. The van der Waals surface area contributed by atoms with Gasteiger partial charge >= 0.3 is 0 Å². The maximum Gasteiger partial charge on any atom is 0.217 e. The summed E-state index contributed by atoms with van der Waals surface area (Å²) >= 11 is 0. The number of likely N-dealkylation sites (N-methyl/N-ethyl adjacent to an activating group) is 1. The molecule has 7 nitrogen and oxygen atoms in total. The summed E-state index contributed by atoms with van der Waals surface area (Å²) in [6.45, 7) is 5.30. The van der Waals surface area contributed by atoms with Gasteiger partial charge in [-0.15, -0.1) is 0 Å². The molecule has 26 heavy (non-hydrogen) atoms. The van der Waals surface area contributed by atoms with E-state index in [0.29, 0.717) is 0 Å². The van der Waals surface area contributed by atoms with Crippen LogP contribution in [0.1, 0.15) is 71.1 Å². The lowest BCUT2D eigenvalue weighted by Crippen LogP contribution is -2.48. The molecule has 0 fully saturated rings. The summed E-state index contributed by atoms with van der Waals surface area (Å²) in [5, 5.41) is 18.2. The monoisotopic (exact) mass is 399 g/mol. The van der Waals surface area contributed by atoms with Gasteiger partial charge in [-0.05, 0) is 12.8 Å². The van der Waals surface area contributed by atoms with Crippen LogP contribution in [0.4, 0.5) is 0 Å². The standard InChI is InChI=1S/C17H38NO2.CH4O4S/c1-3-4-5-6-7-8-9-10-11-12-13-18(2,14-16-19)15-17-20;1-5-6(2,3)4/h19-20H,3-17H2,1-2H3;1H3,(H,2,3,4)/q+1;/p-1. The molecule has 0 unspecified atom stereocenters. The van der Waals surface area contributed by atoms with Gasteiger partial charge in [-0.3, -0.25) is 4.18 Å². The molecule has 0 saturated heterocycles. The van der Waals surface area contributed by atoms with E-state index in [1.54, 1.807) is 0 Å². The second-order valence-corrected chi connectivity index (χ2v) is 8.14. The Morgan fingerprint density at radius 2 is 1.15 bits per heavy atom. The Kier molecular flexibility index (Phi) is 19.5. The number of nitrogens with zero attached hydrogens (tertiary/aromatic N) is 1. The predicted molar refractivity (Wildman–Crippen MR) is 104 cm³/mol. The van der Waals surface area contributed by atoms with Crippen LogP contribution in [-0.4, -0.2) is 74.7 Å². The Hall–Kier alpha value is -0.250.